The van der Waals surface area contributed by atoms with Crippen LogP contribution < -0.4 is 11.1 Å². The van der Waals surface area contributed by atoms with Gasteiger partial charge in [-0.15, -0.1) is 0 Å². The summed E-state index contributed by atoms with van der Waals surface area (Å²) in [6, 6.07) is 5.07. The lowest BCUT2D eigenvalue weighted by Gasteiger charge is -2.08. The summed E-state index contributed by atoms with van der Waals surface area (Å²) in [5, 5.41) is 3.52. The van der Waals surface area contributed by atoms with Gasteiger partial charge in [-0.25, -0.2) is 0 Å². The van der Waals surface area contributed by atoms with Crippen molar-refractivity contribution in [2.75, 3.05) is 11.9 Å². The largest absolute Gasteiger partial charge is 0.330 e. The summed E-state index contributed by atoms with van der Waals surface area (Å²) in [6.45, 7) is 0.490. The fourth-order valence-corrected chi connectivity index (χ4v) is 1.57. The van der Waals surface area contributed by atoms with Crippen LogP contribution in [-0.2, 0) is 4.79 Å². The molecule has 1 aromatic carbocycles. The summed E-state index contributed by atoms with van der Waals surface area (Å²) in [4.78, 5) is 11.4. The SMILES string of the molecule is NCCCC(=O)Nc1c(Cl)cccc1Cl. The van der Waals surface area contributed by atoms with Gasteiger partial charge in [0.2, 0.25) is 5.91 Å². The lowest BCUT2D eigenvalue weighted by molar-refractivity contribution is -0.116. The topological polar surface area (TPSA) is 55.1 Å². The molecule has 1 amide bonds. The number of nitrogens with one attached hydrogen (secondary N) is 1. The predicted molar refractivity (Wildman–Crippen MR) is 63.4 cm³/mol. The molecule has 1 rings (SSSR count). The summed E-state index contributed by atoms with van der Waals surface area (Å²) in [5.41, 5.74) is 5.76. The number of benzene rings is 1. The molecule has 0 unspecified atom stereocenters. The molecule has 82 valence electrons. The summed E-state index contributed by atoms with van der Waals surface area (Å²) in [5.74, 6) is -0.129. The molecule has 0 aliphatic heterocycles. The molecule has 3 nitrogen and oxygen atoms in total. The Morgan fingerprint density at radius 1 is 1.33 bits per heavy atom. The standard InChI is InChI=1S/C10H12Cl2N2O/c11-7-3-1-4-8(12)10(7)14-9(15)5-2-6-13/h1,3-4H,2,5-6,13H2,(H,14,15). The van der Waals surface area contributed by atoms with Gasteiger partial charge in [-0.1, -0.05) is 29.3 Å². The number of rotatable bonds is 4. The molecule has 0 aliphatic carbocycles. The van der Waals surface area contributed by atoms with Gasteiger partial charge >= 0.3 is 0 Å². The van der Waals surface area contributed by atoms with Crippen molar-refractivity contribution in [3.8, 4) is 0 Å². The number of halogens is 2. The van der Waals surface area contributed by atoms with Crippen LogP contribution >= 0.6 is 23.2 Å². The summed E-state index contributed by atoms with van der Waals surface area (Å²) in [6.07, 6.45) is 1.02. The number of amides is 1. The Hall–Kier alpha value is -0.770. The van der Waals surface area contributed by atoms with Gasteiger partial charge in [-0.3, -0.25) is 4.79 Å². The molecular weight excluding hydrogens is 235 g/mol. The van der Waals surface area contributed by atoms with Gasteiger partial charge in [0.15, 0.2) is 0 Å². The van der Waals surface area contributed by atoms with Crippen LogP contribution in [0.25, 0.3) is 0 Å². The number of carbonyl (C=O) groups is 1. The maximum atomic E-state index is 11.4. The molecule has 0 radical (unpaired) electrons. The van der Waals surface area contributed by atoms with Crippen LogP contribution in [0.4, 0.5) is 5.69 Å². The van der Waals surface area contributed by atoms with Gasteiger partial charge in [0, 0.05) is 6.42 Å². The van der Waals surface area contributed by atoms with Gasteiger partial charge in [-0.05, 0) is 25.1 Å². The summed E-state index contributed by atoms with van der Waals surface area (Å²) < 4.78 is 0. The quantitative estimate of drug-likeness (QED) is 0.859. The Morgan fingerprint density at radius 3 is 2.47 bits per heavy atom. The molecule has 0 saturated carbocycles. The number of carbonyl (C=O) groups excluding carboxylic acids is 1. The van der Waals surface area contributed by atoms with Crippen molar-refractivity contribution in [3.63, 3.8) is 0 Å². The van der Waals surface area contributed by atoms with E-state index in [1.165, 1.54) is 0 Å². The van der Waals surface area contributed by atoms with Crippen molar-refractivity contribution in [2.24, 2.45) is 5.73 Å². The van der Waals surface area contributed by atoms with E-state index in [0.29, 0.717) is 35.1 Å². The molecule has 0 bridgehead atoms. The molecule has 0 fully saturated rings. The molecule has 15 heavy (non-hydrogen) atoms. The van der Waals surface area contributed by atoms with Gasteiger partial charge in [0.05, 0.1) is 15.7 Å². The molecule has 0 spiro atoms. The van der Waals surface area contributed by atoms with E-state index in [0.717, 1.165) is 0 Å². The molecular formula is C10H12Cl2N2O. The average Bonchev–Trinajstić information content (AvgIpc) is 2.21. The van der Waals surface area contributed by atoms with E-state index in [9.17, 15) is 4.79 Å². The monoisotopic (exact) mass is 246 g/mol. The first-order valence-electron chi connectivity index (χ1n) is 4.59. The Morgan fingerprint density at radius 2 is 1.93 bits per heavy atom. The Bertz CT molecular complexity index is 335. The number of hydrogen-bond donors (Lipinski definition) is 2. The van der Waals surface area contributed by atoms with E-state index in [1.54, 1.807) is 18.2 Å². The number of hydrogen-bond acceptors (Lipinski definition) is 2. The zero-order valence-corrected chi connectivity index (χ0v) is 9.61. The van der Waals surface area contributed by atoms with Crippen molar-refractivity contribution in [2.45, 2.75) is 12.8 Å². The molecule has 0 saturated heterocycles. The normalized spacial score (nSPS) is 10.1. The fourth-order valence-electron chi connectivity index (χ4n) is 1.08. The lowest BCUT2D eigenvalue weighted by Crippen LogP contribution is -2.13. The molecule has 0 aliphatic rings. The molecule has 1 aromatic rings. The van der Waals surface area contributed by atoms with E-state index in [-0.39, 0.29) is 5.91 Å². The third kappa shape index (κ3) is 3.70. The van der Waals surface area contributed by atoms with Gasteiger partial charge in [-0.2, -0.15) is 0 Å². The van der Waals surface area contributed by atoms with Crippen LogP contribution in [0, 0.1) is 0 Å². The van der Waals surface area contributed by atoms with Crippen LogP contribution in [-0.4, -0.2) is 12.5 Å². The first kappa shape index (κ1) is 12.3. The molecule has 0 heterocycles. The maximum absolute atomic E-state index is 11.4. The van der Waals surface area contributed by atoms with Crippen molar-refractivity contribution in [1.29, 1.82) is 0 Å². The van der Waals surface area contributed by atoms with Crippen molar-refractivity contribution in [3.05, 3.63) is 28.2 Å². The van der Waals surface area contributed by atoms with E-state index in [4.69, 9.17) is 28.9 Å². The second-order valence-electron chi connectivity index (χ2n) is 3.04. The number of para-hydroxylation sites is 1. The average molecular weight is 247 g/mol. The Labute approximate surface area is 98.5 Å². The highest BCUT2D eigenvalue weighted by molar-refractivity contribution is 6.39. The first-order valence-corrected chi connectivity index (χ1v) is 5.34. The molecule has 3 N–H and O–H groups in total. The maximum Gasteiger partial charge on any atom is 0.224 e. The molecule has 5 heteroatoms. The minimum absolute atomic E-state index is 0.129. The van der Waals surface area contributed by atoms with Gasteiger partial charge in [0.1, 0.15) is 0 Å². The first-order chi connectivity index (χ1) is 7.15. The third-order valence-electron chi connectivity index (χ3n) is 1.84. The zero-order valence-electron chi connectivity index (χ0n) is 8.09. The number of anilines is 1. The Kier molecular flexibility index (Phi) is 4.88. The van der Waals surface area contributed by atoms with E-state index in [1.807, 2.05) is 0 Å². The molecule has 0 aromatic heterocycles. The summed E-state index contributed by atoms with van der Waals surface area (Å²) >= 11 is 11.8. The minimum Gasteiger partial charge on any atom is -0.330 e. The zero-order chi connectivity index (χ0) is 11.3. The smallest absolute Gasteiger partial charge is 0.224 e. The van der Waals surface area contributed by atoms with E-state index in [2.05, 4.69) is 5.32 Å². The summed E-state index contributed by atoms with van der Waals surface area (Å²) in [7, 11) is 0. The predicted octanol–water partition coefficient (Wildman–Crippen LogP) is 2.67. The fraction of sp³-hybridized carbons (Fsp3) is 0.300. The van der Waals surface area contributed by atoms with Crippen LogP contribution in [0.3, 0.4) is 0 Å². The van der Waals surface area contributed by atoms with Gasteiger partial charge in [0.25, 0.3) is 0 Å². The number of nitrogens with two attached hydrogens (primary N) is 1. The highest BCUT2D eigenvalue weighted by Gasteiger charge is 2.08. The third-order valence-corrected chi connectivity index (χ3v) is 2.47. The highest BCUT2D eigenvalue weighted by atomic mass is 35.5. The minimum atomic E-state index is -0.129. The van der Waals surface area contributed by atoms with Crippen LogP contribution in [0.15, 0.2) is 18.2 Å². The van der Waals surface area contributed by atoms with Crippen LogP contribution in [0.5, 0.6) is 0 Å². The second-order valence-corrected chi connectivity index (χ2v) is 3.85. The van der Waals surface area contributed by atoms with Crippen molar-refractivity contribution in [1.82, 2.24) is 0 Å². The van der Waals surface area contributed by atoms with E-state index < -0.39 is 0 Å². The van der Waals surface area contributed by atoms with E-state index >= 15 is 0 Å². The van der Waals surface area contributed by atoms with Gasteiger partial charge < -0.3 is 11.1 Å². The highest BCUT2D eigenvalue weighted by Crippen LogP contribution is 2.29. The van der Waals surface area contributed by atoms with Crippen molar-refractivity contribution >= 4 is 34.8 Å². The Balaban J connectivity index is 2.68. The molecule has 0 atom stereocenters. The lowest BCUT2D eigenvalue weighted by atomic mass is 10.2. The van der Waals surface area contributed by atoms with Crippen molar-refractivity contribution < 1.29 is 4.79 Å². The van der Waals surface area contributed by atoms with Crippen LogP contribution in [0.1, 0.15) is 12.8 Å². The van der Waals surface area contributed by atoms with Crippen LogP contribution in [0.2, 0.25) is 10.0 Å². The second kappa shape index (κ2) is 5.95.